The highest BCUT2D eigenvalue weighted by Crippen LogP contribution is 2.16. The number of hydrogen-bond acceptors (Lipinski definition) is 2. The van der Waals surface area contributed by atoms with Crippen LogP contribution >= 0.6 is 0 Å². The van der Waals surface area contributed by atoms with Crippen molar-refractivity contribution in [3.63, 3.8) is 0 Å². The van der Waals surface area contributed by atoms with Crippen molar-refractivity contribution in [1.82, 2.24) is 5.32 Å². The molecule has 0 aliphatic carbocycles. The van der Waals surface area contributed by atoms with Gasteiger partial charge in [0.1, 0.15) is 5.82 Å². The molecule has 0 radical (unpaired) electrons. The maximum atomic E-state index is 13.1. The number of nitrogens with one attached hydrogen (secondary N) is 1. The second-order valence-electron chi connectivity index (χ2n) is 4.61. The topological polar surface area (TPSA) is 32.3 Å². The van der Waals surface area contributed by atoms with Gasteiger partial charge in [0, 0.05) is 12.6 Å². The molecule has 0 fully saturated rings. The van der Waals surface area contributed by atoms with E-state index in [1.807, 2.05) is 37.3 Å². The van der Waals surface area contributed by atoms with E-state index in [1.165, 1.54) is 12.1 Å². The molecule has 0 saturated carbocycles. The van der Waals surface area contributed by atoms with Gasteiger partial charge in [-0.05, 0) is 30.2 Å². The zero-order chi connectivity index (χ0) is 13.7. The Morgan fingerprint density at radius 1 is 1.05 bits per heavy atom. The van der Waals surface area contributed by atoms with E-state index in [1.54, 1.807) is 12.1 Å². The van der Waals surface area contributed by atoms with Crippen molar-refractivity contribution in [2.45, 2.75) is 19.1 Å². The summed E-state index contributed by atoms with van der Waals surface area (Å²) in [6.07, 6.45) is -0.707. The maximum absolute atomic E-state index is 13.1. The molecule has 2 rings (SSSR count). The van der Waals surface area contributed by atoms with Gasteiger partial charge in [0.25, 0.3) is 0 Å². The quantitative estimate of drug-likeness (QED) is 0.864. The van der Waals surface area contributed by atoms with Crippen LogP contribution in [-0.2, 0) is 0 Å². The lowest BCUT2D eigenvalue weighted by Crippen LogP contribution is -2.24. The van der Waals surface area contributed by atoms with E-state index in [0.717, 1.165) is 5.56 Å². The summed E-state index contributed by atoms with van der Waals surface area (Å²) in [5.74, 6) is -0.326. The van der Waals surface area contributed by atoms with Gasteiger partial charge < -0.3 is 10.4 Å². The summed E-state index contributed by atoms with van der Waals surface area (Å²) in [5.41, 5.74) is 1.75. The average Bonchev–Trinajstić information content (AvgIpc) is 2.45. The summed E-state index contributed by atoms with van der Waals surface area (Å²) in [6, 6.07) is 16.2. The molecule has 0 aliphatic rings. The maximum Gasteiger partial charge on any atom is 0.123 e. The normalized spacial score (nSPS) is 14.1. The van der Waals surface area contributed by atoms with E-state index >= 15 is 0 Å². The lowest BCUT2D eigenvalue weighted by Gasteiger charge is -2.17. The minimum absolute atomic E-state index is 0.143. The van der Waals surface area contributed by atoms with Crippen LogP contribution in [0.25, 0.3) is 0 Å². The van der Waals surface area contributed by atoms with Crippen LogP contribution in [-0.4, -0.2) is 11.7 Å². The van der Waals surface area contributed by atoms with Gasteiger partial charge >= 0.3 is 0 Å². The van der Waals surface area contributed by atoms with Gasteiger partial charge in [0.15, 0.2) is 0 Å². The molecule has 0 bridgehead atoms. The molecule has 0 aromatic heterocycles. The molecule has 3 heteroatoms. The Morgan fingerprint density at radius 3 is 2.42 bits per heavy atom. The molecule has 2 aromatic carbocycles. The number of aliphatic hydroxyl groups is 1. The van der Waals surface area contributed by atoms with Crippen molar-refractivity contribution in [1.29, 1.82) is 0 Å². The minimum atomic E-state index is -0.707. The van der Waals surface area contributed by atoms with Crippen LogP contribution in [0.4, 0.5) is 4.39 Å². The molecule has 1 unspecified atom stereocenters. The van der Waals surface area contributed by atoms with Crippen LogP contribution in [0.3, 0.4) is 0 Å². The molecule has 0 spiro atoms. The first-order valence-corrected chi connectivity index (χ1v) is 6.38. The Bertz CT molecular complexity index is 515. The zero-order valence-electron chi connectivity index (χ0n) is 10.9. The van der Waals surface area contributed by atoms with Crippen LogP contribution in [0.2, 0.25) is 0 Å². The smallest absolute Gasteiger partial charge is 0.123 e. The van der Waals surface area contributed by atoms with Crippen LogP contribution < -0.4 is 5.32 Å². The van der Waals surface area contributed by atoms with Gasteiger partial charge in [-0.25, -0.2) is 4.39 Å². The molecule has 0 saturated heterocycles. The van der Waals surface area contributed by atoms with Crippen molar-refractivity contribution < 1.29 is 9.50 Å². The van der Waals surface area contributed by atoms with Gasteiger partial charge in [-0.3, -0.25) is 0 Å². The predicted octanol–water partition coefficient (Wildman–Crippen LogP) is 3.21. The summed E-state index contributed by atoms with van der Waals surface area (Å²) in [7, 11) is 0. The van der Waals surface area contributed by atoms with E-state index in [0.29, 0.717) is 12.1 Å². The summed E-state index contributed by atoms with van der Waals surface area (Å²) in [4.78, 5) is 0. The van der Waals surface area contributed by atoms with Gasteiger partial charge in [0.05, 0.1) is 6.10 Å². The second-order valence-corrected chi connectivity index (χ2v) is 4.61. The lowest BCUT2D eigenvalue weighted by atomic mass is 10.1. The van der Waals surface area contributed by atoms with Crippen molar-refractivity contribution >= 4 is 0 Å². The predicted molar refractivity (Wildman–Crippen MR) is 74.2 cm³/mol. The summed E-state index contributed by atoms with van der Waals surface area (Å²) >= 11 is 0. The number of benzene rings is 2. The molecule has 0 heterocycles. The standard InChI is InChI=1S/C16H18FNO/c1-12(13-6-3-2-4-7-13)18-11-16(19)14-8-5-9-15(17)10-14/h2-10,12,16,18-19H,11H2,1H3/t12-,16?/m0/s1. The Balaban J connectivity index is 1.92. The first-order valence-electron chi connectivity index (χ1n) is 6.38. The molecule has 2 nitrogen and oxygen atoms in total. The van der Waals surface area contributed by atoms with E-state index in [4.69, 9.17) is 0 Å². The number of aliphatic hydroxyl groups excluding tert-OH is 1. The zero-order valence-corrected chi connectivity index (χ0v) is 10.9. The molecule has 2 atom stereocenters. The molecule has 19 heavy (non-hydrogen) atoms. The third kappa shape index (κ3) is 3.88. The van der Waals surface area contributed by atoms with Gasteiger partial charge in [0.2, 0.25) is 0 Å². The van der Waals surface area contributed by atoms with Gasteiger partial charge in [-0.15, -0.1) is 0 Å². The van der Waals surface area contributed by atoms with E-state index in [-0.39, 0.29) is 11.9 Å². The van der Waals surface area contributed by atoms with E-state index in [9.17, 15) is 9.50 Å². The Labute approximate surface area is 112 Å². The molecule has 2 aromatic rings. The SMILES string of the molecule is C[C@H](NCC(O)c1cccc(F)c1)c1ccccc1. The fourth-order valence-electron chi connectivity index (χ4n) is 1.98. The van der Waals surface area contributed by atoms with E-state index < -0.39 is 6.10 Å². The largest absolute Gasteiger partial charge is 0.387 e. The average molecular weight is 259 g/mol. The molecule has 100 valence electrons. The summed E-state index contributed by atoms with van der Waals surface area (Å²) < 4.78 is 13.1. The number of halogens is 1. The van der Waals surface area contributed by atoms with Crippen LogP contribution in [0.5, 0.6) is 0 Å². The van der Waals surface area contributed by atoms with Gasteiger partial charge in [-0.2, -0.15) is 0 Å². The Kier molecular flexibility index (Phi) is 4.66. The van der Waals surface area contributed by atoms with Crippen LogP contribution in [0.15, 0.2) is 54.6 Å². The highest BCUT2D eigenvalue weighted by atomic mass is 19.1. The van der Waals surface area contributed by atoms with Crippen molar-refractivity contribution in [2.75, 3.05) is 6.54 Å². The molecular formula is C16H18FNO. The highest BCUT2D eigenvalue weighted by molar-refractivity contribution is 5.20. The number of rotatable bonds is 5. The highest BCUT2D eigenvalue weighted by Gasteiger charge is 2.10. The fourth-order valence-corrected chi connectivity index (χ4v) is 1.98. The number of hydrogen-bond donors (Lipinski definition) is 2. The summed E-state index contributed by atoms with van der Waals surface area (Å²) in [5, 5.41) is 13.3. The summed E-state index contributed by atoms with van der Waals surface area (Å²) in [6.45, 7) is 2.42. The third-order valence-electron chi connectivity index (χ3n) is 3.15. The molecule has 2 N–H and O–H groups in total. The molecule has 0 aliphatic heterocycles. The van der Waals surface area contributed by atoms with Crippen molar-refractivity contribution in [3.8, 4) is 0 Å². The molecule has 0 amide bonds. The molecular weight excluding hydrogens is 241 g/mol. The lowest BCUT2D eigenvalue weighted by molar-refractivity contribution is 0.170. The van der Waals surface area contributed by atoms with Crippen LogP contribution in [0, 0.1) is 5.82 Å². The Morgan fingerprint density at radius 2 is 1.74 bits per heavy atom. The van der Waals surface area contributed by atoms with Crippen molar-refractivity contribution in [2.24, 2.45) is 0 Å². The second kappa shape index (κ2) is 6.45. The van der Waals surface area contributed by atoms with Gasteiger partial charge in [-0.1, -0.05) is 42.5 Å². The van der Waals surface area contributed by atoms with Crippen molar-refractivity contribution in [3.05, 3.63) is 71.5 Å². The third-order valence-corrected chi connectivity index (χ3v) is 3.15. The minimum Gasteiger partial charge on any atom is -0.387 e. The first-order chi connectivity index (χ1) is 9.16. The van der Waals surface area contributed by atoms with Crippen LogP contribution in [0.1, 0.15) is 30.2 Å². The monoisotopic (exact) mass is 259 g/mol. The fraction of sp³-hybridized carbons (Fsp3) is 0.250. The van der Waals surface area contributed by atoms with E-state index in [2.05, 4.69) is 5.32 Å². The Hall–Kier alpha value is -1.71. The first kappa shape index (κ1) is 13.7.